The van der Waals surface area contributed by atoms with Gasteiger partial charge in [-0.15, -0.1) is 0 Å². The molecule has 1 fully saturated rings. The number of pyridine rings is 1. The van der Waals surface area contributed by atoms with Crippen molar-refractivity contribution in [3.05, 3.63) is 52.1 Å². The molecule has 0 unspecified atom stereocenters. The van der Waals surface area contributed by atoms with E-state index < -0.39 is 10.0 Å². The lowest BCUT2D eigenvalue weighted by atomic mass is 10.1. The first-order valence-electron chi connectivity index (χ1n) is 12.5. The Kier molecular flexibility index (Phi) is 6.99. The van der Waals surface area contributed by atoms with E-state index in [4.69, 9.17) is 19.8 Å². The summed E-state index contributed by atoms with van der Waals surface area (Å²) in [6.45, 7) is 5.88. The second-order valence-corrected chi connectivity index (χ2v) is 11.1. The van der Waals surface area contributed by atoms with E-state index in [0.717, 1.165) is 18.5 Å². The van der Waals surface area contributed by atoms with Crippen molar-refractivity contribution in [2.75, 3.05) is 12.4 Å². The van der Waals surface area contributed by atoms with Gasteiger partial charge in [0.2, 0.25) is 15.9 Å². The molecule has 1 aliphatic carbocycles. The van der Waals surface area contributed by atoms with Gasteiger partial charge in [-0.25, -0.2) is 38.5 Å². The van der Waals surface area contributed by atoms with E-state index in [9.17, 15) is 13.2 Å². The fraction of sp³-hybridized carbons (Fsp3) is 0.400. The van der Waals surface area contributed by atoms with E-state index in [1.54, 1.807) is 11.7 Å². The van der Waals surface area contributed by atoms with Gasteiger partial charge in [0.15, 0.2) is 17.3 Å². The first-order chi connectivity index (χ1) is 18.6. The molecule has 13 nitrogen and oxygen atoms in total. The highest BCUT2D eigenvalue weighted by atomic mass is 32.2. The van der Waals surface area contributed by atoms with Crippen LogP contribution < -0.4 is 20.8 Å². The van der Waals surface area contributed by atoms with E-state index in [1.807, 2.05) is 20.8 Å². The molecule has 39 heavy (non-hydrogen) atoms. The molecular weight excluding hydrogens is 522 g/mol. The van der Waals surface area contributed by atoms with E-state index >= 15 is 0 Å². The number of aryl methyl sites for hydroxylation is 1. The van der Waals surface area contributed by atoms with Gasteiger partial charge in [-0.3, -0.25) is 14.3 Å². The summed E-state index contributed by atoms with van der Waals surface area (Å²) in [5.41, 5.74) is 3.09. The second-order valence-electron chi connectivity index (χ2n) is 9.50. The molecule has 1 saturated carbocycles. The summed E-state index contributed by atoms with van der Waals surface area (Å²) in [6.07, 6.45) is 5.38. The third kappa shape index (κ3) is 5.16. The van der Waals surface area contributed by atoms with Gasteiger partial charge in [0.1, 0.15) is 22.3 Å². The molecule has 204 valence electrons. The second kappa shape index (κ2) is 10.3. The lowest BCUT2D eigenvalue weighted by Crippen LogP contribution is -2.29. The maximum atomic E-state index is 13.7. The quantitative estimate of drug-likeness (QED) is 0.312. The van der Waals surface area contributed by atoms with Crippen LogP contribution in [0.4, 0.5) is 5.82 Å². The van der Waals surface area contributed by atoms with Gasteiger partial charge in [-0.1, -0.05) is 6.92 Å². The van der Waals surface area contributed by atoms with Crippen molar-refractivity contribution in [3.63, 3.8) is 0 Å². The van der Waals surface area contributed by atoms with Crippen LogP contribution in [0.25, 0.3) is 22.6 Å². The number of nitrogens with one attached hydrogen (secondary N) is 1. The molecule has 0 spiro atoms. The molecule has 14 heteroatoms. The van der Waals surface area contributed by atoms with Crippen molar-refractivity contribution in [1.82, 2.24) is 34.5 Å². The zero-order valence-electron chi connectivity index (χ0n) is 22.0. The molecule has 0 saturated heterocycles. The van der Waals surface area contributed by atoms with E-state index in [0.29, 0.717) is 52.2 Å². The van der Waals surface area contributed by atoms with Crippen LogP contribution in [0.5, 0.6) is 5.88 Å². The average molecular weight is 552 g/mol. The lowest BCUT2D eigenvalue weighted by Gasteiger charge is -2.19. The number of sulfonamides is 1. The molecule has 5 rings (SSSR count). The van der Waals surface area contributed by atoms with Gasteiger partial charge in [0, 0.05) is 18.2 Å². The largest absolute Gasteiger partial charge is 0.480 e. The van der Waals surface area contributed by atoms with Crippen molar-refractivity contribution in [3.8, 4) is 17.3 Å². The highest BCUT2D eigenvalue weighted by Crippen LogP contribution is 2.45. The van der Waals surface area contributed by atoms with Crippen molar-refractivity contribution in [2.24, 2.45) is 5.14 Å². The zero-order valence-corrected chi connectivity index (χ0v) is 22.9. The number of hydrogen-bond donors (Lipinski definition) is 2. The highest BCUT2D eigenvalue weighted by Gasteiger charge is 2.32. The van der Waals surface area contributed by atoms with Crippen LogP contribution in [0.3, 0.4) is 0 Å². The third-order valence-electron chi connectivity index (χ3n) is 6.73. The van der Waals surface area contributed by atoms with Crippen LogP contribution in [0.1, 0.15) is 62.2 Å². The first-order valence-corrected chi connectivity index (χ1v) is 14.1. The summed E-state index contributed by atoms with van der Waals surface area (Å²) >= 11 is 0. The number of fused-ring (bicyclic) bond motifs is 1. The van der Waals surface area contributed by atoms with Crippen LogP contribution in [-0.4, -0.2) is 50.0 Å². The minimum Gasteiger partial charge on any atom is -0.480 e. The molecule has 4 aromatic rings. The number of hydrogen-bond acceptors (Lipinski definition) is 11. The van der Waals surface area contributed by atoms with Crippen molar-refractivity contribution in [2.45, 2.75) is 63.4 Å². The highest BCUT2D eigenvalue weighted by molar-refractivity contribution is 7.89. The molecule has 4 aromatic heterocycles. The number of primary sulfonamides is 1. The number of nitrogens with zero attached hydrogens (tertiary/aromatic N) is 7. The van der Waals surface area contributed by atoms with Crippen LogP contribution in [0, 0.1) is 6.92 Å². The first kappa shape index (κ1) is 26.6. The van der Waals surface area contributed by atoms with Crippen LogP contribution in [-0.2, 0) is 16.6 Å². The fourth-order valence-corrected chi connectivity index (χ4v) is 4.77. The van der Waals surface area contributed by atoms with Crippen LogP contribution in [0.2, 0.25) is 0 Å². The predicted molar refractivity (Wildman–Crippen MR) is 144 cm³/mol. The smallest absolute Gasteiger partial charge is 0.295 e. The van der Waals surface area contributed by atoms with Gasteiger partial charge in [-0.05, 0) is 45.2 Å². The Balaban J connectivity index is 1.60. The van der Waals surface area contributed by atoms with E-state index in [-0.39, 0.29) is 28.9 Å². The number of ether oxygens (including phenoxy) is 1. The Morgan fingerprint density at radius 1 is 1.18 bits per heavy atom. The van der Waals surface area contributed by atoms with Gasteiger partial charge in [-0.2, -0.15) is 0 Å². The summed E-state index contributed by atoms with van der Waals surface area (Å²) in [6, 6.07) is 2.70. The number of anilines is 1. The molecule has 0 radical (unpaired) electrons. The molecule has 1 atom stereocenters. The molecule has 0 bridgehead atoms. The molecule has 0 amide bonds. The number of rotatable bonds is 9. The Labute approximate surface area is 225 Å². The molecule has 0 aromatic carbocycles. The standard InChI is InChI=1S/C25H29N9O4S/c1-5-13(2)34-23-19(32-22(25(34)35)28-10-16-8-9-17(11-27-16)39(26,36)37)14(3)31-21(33-23)18-20(15-6-7-15)29-12-30-24(18)38-4/h8-9,11-13,15H,5-7,10H2,1-4H3,(H,28,32)(H2,26,36,37)/t13-/m0/s1. The van der Waals surface area contributed by atoms with Gasteiger partial charge < -0.3 is 10.1 Å². The topological polar surface area (TPSA) is 181 Å². The summed E-state index contributed by atoms with van der Waals surface area (Å²) < 4.78 is 30.2. The maximum Gasteiger partial charge on any atom is 0.295 e. The monoisotopic (exact) mass is 551 g/mol. The molecule has 3 N–H and O–H groups in total. The molecule has 0 aliphatic heterocycles. The Hall–Kier alpha value is -4.04. The summed E-state index contributed by atoms with van der Waals surface area (Å²) in [5.74, 6) is 1.18. The minimum absolute atomic E-state index is 0.0944. The number of aromatic nitrogens is 7. The molecule has 1 aliphatic rings. The summed E-state index contributed by atoms with van der Waals surface area (Å²) in [4.78, 5) is 40.6. The SMILES string of the molecule is CC[C@H](C)n1c(=O)c(NCc2ccc(S(N)(=O)=O)cn2)nc2c(C)nc(-c3c(OC)ncnc3C3CC3)nc21. The Morgan fingerprint density at radius 2 is 1.95 bits per heavy atom. The predicted octanol–water partition coefficient (Wildman–Crippen LogP) is 2.46. The normalized spacial score (nSPS) is 14.4. The van der Waals surface area contributed by atoms with Gasteiger partial charge in [0.25, 0.3) is 5.56 Å². The van der Waals surface area contributed by atoms with Crippen molar-refractivity contribution >= 4 is 27.0 Å². The summed E-state index contributed by atoms with van der Waals surface area (Å²) in [5, 5.41) is 8.18. The van der Waals surface area contributed by atoms with E-state index in [1.165, 1.54) is 24.7 Å². The minimum atomic E-state index is -3.85. The van der Waals surface area contributed by atoms with Crippen LogP contribution >= 0.6 is 0 Å². The number of nitrogens with two attached hydrogens (primary N) is 1. The number of methoxy groups -OCH3 is 1. The van der Waals surface area contributed by atoms with Crippen molar-refractivity contribution in [1.29, 1.82) is 0 Å². The zero-order chi connectivity index (χ0) is 27.9. The third-order valence-corrected chi connectivity index (χ3v) is 7.63. The molecule has 4 heterocycles. The van der Waals surface area contributed by atoms with Crippen LogP contribution in [0.15, 0.2) is 34.3 Å². The lowest BCUT2D eigenvalue weighted by molar-refractivity contribution is 0.397. The Bertz CT molecular complexity index is 1720. The molecular formula is C25H29N9O4S. The van der Waals surface area contributed by atoms with E-state index in [2.05, 4.69) is 25.3 Å². The summed E-state index contributed by atoms with van der Waals surface area (Å²) in [7, 11) is -2.31. The van der Waals surface area contributed by atoms with Crippen molar-refractivity contribution < 1.29 is 13.2 Å². The van der Waals surface area contributed by atoms with Gasteiger partial charge in [0.05, 0.1) is 30.7 Å². The average Bonchev–Trinajstić information content (AvgIpc) is 3.76. The maximum absolute atomic E-state index is 13.7. The van der Waals surface area contributed by atoms with Gasteiger partial charge >= 0.3 is 0 Å². The fourth-order valence-electron chi connectivity index (χ4n) is 4.31. The Morgan fingerprint density at radius 3 is 2.56 bits per heavy atom.